The Balaban J connectivity index is 1.31. The lowest BCUT2D eigenvalue weighted by Gasteiger charge is -2.32. The Labute approximate surface area is 215 Å². The molecule has 6 heteroatoms. The number of rotatable bonds is 7. The summed E-state index contributed by atoms with van der Waals surface area (Å²) in [4.78, 5) is 20.4. The van der Waals surface area contributed by atoms with Gasteiger partial charge in [0.25, 0.3) is 5.91 Å². The Bertz CT molecular complexity index is 1290. The van der Waals surface area contributed by atoms with Gasteiger partial charge in [0.15, 0.2) is 11.0 Å². The number of likely N-dealkylation sites (tertiary alicyclic amines) is 1. The van der Waals surface area contributed by atoms with E-state index < -0.39 is 11.0 Å². The van der Waals surface area contributed by atoms with Gasteiger partial charge in [-0.2, -0.15) is 0 Å². The van der Waals surface area contributed by atoms with Crippen LogP contribution >= 0.6 is 0 Å². The fraction of sp³-hybridized carbons (Fsp3) is 0.200. The maximum absolute atomic E-state index is 13.5. The number of aromatic nitrogens is 1. The Kier molecular flexibility index (Phi) is 7.52. The molecule has 1 aromatic heterocycles. The highest BCUT2D eigenvalue weighted by molar-refractivity contribution is 7.86. The summed E-state index contributed by atoms with van der Waals surface area (Å²) in [5.41, 5.74) is 3.64. The molecule has 4 aromatic rings. The first-order valence-electron chi connectivity index (χ1n) is 12.3. The fourth-order valence-electron chi connectivity index (χ4n) is 4.61. The summed E-state index contributed by atoms with van der Waals surface area (Å²) in [6.07, 6.45) is 3.67. The summed E-state index contributed by atoms with van der Waals surface area (Å²) in [6.45, 7) is 1.94. The number of piperidine rings is 1. The molecule has 0 bridgehead atoms. The lowest BCUT2D eigenvalue weighted by Crippen LogP contribution is -2.38. The largest absolute Gasteiger partial charge is 0.339 e. The minimum Gasteiger partial charge on any atom is -0.339 e. The molecule has 0 aliphatic carbocycles. The van der Waals surface area contributed by atoms with Crippen molar-refractivity contribution in [2.45, 2.75) is 30.2 Å². The maximum Gasteiger partial charge on any atom is 0.253 e. The Morgan fingerprint density at radius 2 is 1.47 bits per heavy atom. The van der Waals surface area contributed by atoms with E-state index in [1.807, 2.05) is 112 Å². The molecule has 0 radical (unpaired) electrons. The van der Waals surface area contributed by atoms with Crippen molar-refractivity contribution in [1.82, 2.24) is 9.88 Å². The van der Waals surface area contributed by atoms with E-state index in [9.17, 15) is 9.00 Å². The van der Waals surface area contributed by atoms with E-state index in [-0.39, 0.29) is 5.91 Å². The standard InChI is InChI=1S/C30H29N3O2S/c34-30(32-21-18-25(19-22-32)29-13-7-8-20-31-29)26-14-16-27(17-15-26)33(23-24-9-3-1-4-10-24)36(35)28-11-5-2-6-12-28/h1-17,20,25H,18-19,21-23H2. The monoisotopic (exact) mass is 495 g/mol. The van der Waals surface area contributed by atoms with Crippen LogP contribution in [0, 0.1) is 0 Å². The van der Waals surface area contributed by atoms with E-state index in [1.165, 1.54) is 0 Å². The molecule has 1 fully saturated rings. The van der Waals surface area contributed by atoms with Crippen molar-refractivity contribution in [3.8, 4) is 0 Å². The number of hydrogen-bond acceptors (Lipinski definition) is 3. The third kappa shape index (κ3) is 5.55. The number of nitrogens with zero attached hydrogens (tertiary/aromatic N) is 3. The number of carbonyl (C=O) groups excluding carboxylic acids is 1. The quantitative estimate of drug-likeness (QED) is 0.324. The van der Waals surface area contributed by atoms with Gasteiger partial charge in [0.2, 0.25) is 0 Å². The molecule has 0 saturated carbocycles. The molecule has 2 heterocycles. The number of amides is 1. The first-order valence-corrected chi connectivity index (χ1v) is 13.4. The molecule has 36 heavy (non-hydrogen) atoms. The predicted molar refractivity (Wildman–Crippen MR) is 144 cm³/mol. The fourth-order valence-corrected chi connectivity index (χ4v) is 5.83. The van der Waals surface area contributed by atoms with E-state index in [1.54, 1.807) is 0 Å². The molecule has 1 aliphatic rings. The lowest BCUT2D eigenvalue weighted by molar-refractivity contribution is 0.0712. The Hall–Kier alpha value is -3.77. The third-order valence-electron chi connectivity index (χ3n) is 6.60. The molecule has 1 unspecified atom stereocenters. The van der Waals surface area contributed by atoms with Crippen molar-refractivity contribution < 1.29 is 9.00 Å². The second kappa shape index (κ2) is 11.3. The Morgan fingerprint density at radius 3 is 2.11 bits per heavy atom. The van der Waals surface area contributed by atoms with Crippen LogP contribution in [0.4, 0.5) is 5.69 Å². The number of pyridine rings is 1. The minimum atomic E-state index is -1.38. The number of anilines is 1. The van der Waals surface area contributed by atoms with Gasteiger partial charge in [-0.25, -0.2) is 4.21 Å². The maximum atomic E-state index is 13.5. The van der Waals surface area contributed by atoms with E-state index in [2.05, 4.69) is 11.1 Å². The third-order valence-corrected chi connectivity index (χ3v) is 8.02. The van der Waals surface area contributed by atoms with Crippen LogP contribution in [0.3, 0.4) is 0 Å². The van der Waals surface area contributed by atoms with Crippen molar-refractivity contribution >= 4 is 22.6 Å². The zero-order valence-electron chi connectivity index (χ0n) is 20.1. The molecule has 5 rings (SSSR count). The minimum absolute atomic E-state index is 0.0415. The van der Waals surface area contributed by atoms with Gasteiger partial charge < -0.3 is 4.90 Å². The highest BCUT2D eigenvalue weighted by Crippen LogP contribution is 2.28. The van der Waals surface area contributed by atoms with Crippen LogP contribution < -0.4 is 4.31 Å². The molecule has 1 amide bonds. The van der Waals surface area contributed by atoms with Gasteiger partial charge in [-0.15, -0.1) is 0 Å². The van der Waals surface area contributed by atoms with Crippen molar-refractivity contribution in [3.63, 3.8) is 0 Å². The van der Waals surface area contributed by atoms with Crippen LogP contribution in [0.25, 0.3) is 0 Å². The van der Waals surface area contributed by atoms with Crippen LogP contribution in [-0.4, -0.2) is 33.1 Å². The Morgan fingerprint density at radius 1 is 0.833 bits per heavy atom. The van der Waals surface area contributed by atoms with Gasteiger partial charge in [0, 0.05) is 36.5 Å². The molecule has 1 saturated heterocycles. The smallest absolute Gasteiger partial charge is 0.253 e. The molecular formula is C30H29N3O2S. The molecule has 1 aliphatic heterocycles. The molecule has 5 nitrogen and oxygen atoms in total. The van der Waals surface area contributed by atoms with Crippen LogP contribution in [0.2, 0.25) is 0 Å². The van der Waals surface area contributed by atoms with Crippen LogP contribution in [-0.2, 0) is 17.5 Å². The summed E-state index contributed by atoms with van der Waals surface area (Å²) in [5.74, 6) is 0.442. The number of carbonyl (C=O) groups is 1. The van der Waals surface area contributed by atoms with E-state index in [4.69, 9.17) is 0 Å². The summed E-state index contributed by atoms with van der Waals surface area (Å²) in [5, 5.41) is 0. The molecule has 182 valence electrons. The zero-order chi connectivity index (χ0) is 24.7. The van der Waals surface area contributed by atoms with Gasteiger partial charge in [0.05, 0.1) is 17.1 Å². The van der Waals surface area contributed by atoms with Crippen molar-refractivity contribution in [3.05, 3.63) is 126 Å². The average molecular weight is 496 g/mol. The summed E-state index contributed by atoms with van der Waals surface area (Å²) < 4.78 is 15.4. The normalized spacial score (nSPS) is 14.8. The number of benzene rings is 3. The van der Waals surface area contributed by atoms with Gasteiger partial charge in [-0.05, 0) is 66.9 Å². The van der Waals surface area contributed by atoms with E-state index in [0.29, 0.717) is 18.0 Å². The van der Waals surface area contributed by atoms with Gasteiger partial charge >= 0.3 is 0 Å². The molecule has 3 aromatic carbocycles. The molecule has 0 spiro atoms. The van der Waals surface area contributed by atoms with E-state index >= 15 is 0 Å². The van der Waals surface area contributed by atoms with Crippen molar-refractivity contribution in [2.24, 2.45) is 0 Å². The molecular weight excluding hydrogens is 466 g/mol. The van der Waals surface area contributed by atoms with Gasteiger partial charge in [0.1, 0.15) is 0 Å². The van der Waals surface area contributed by atoms with E-state index in [0.717, 1.165) is 47.8 Å². The molecule has 1 atom stereocenters. The van der Waals surface area contributed by atoms with Crippen molar-refractivity contribution in [1.29, 1.82) is 0 Å². The van der Waals surface area contributed by atoms with Gasteiger partial charge in [-0.1, -0.05) is 54.6 Å². The van der Waals surface area contributed by atoms with Crippen LogP contribution in [0.15, 0.2) is 114 Å². The zero-order valence-corrected chi connectivity index (χ0v) is 20.9. The van der Waals surface area contributed by atoms with Gasteiger partial charge in [-0.3, -0.25) is 14.1 Å². The summed E-state index contributed by atoms with van der Waals surface area (Å²) in [6, 6.07) is 33.0. The first-order chi connectivity index (χ1) is 17.7. The van der Waals surface area contributed by atoms with Crippen LogP contribution in [0.5, 0.6) is 0 Å². The predicted octanol–water partition coefficient (Wildman–Crippen LogP) is 5.83. The second-order valence-electron chi connectivity index (χ2n) is 8.95. The summed E-state index contributed by atoms with van der Waals surface area (Å²) >= 11 is 0. The average Bonchev–Trinajstić information content (AvgIpc) is 2.97. The highest BCUT2D eigenvalue weighted by atomic mass is 32.2. The number of hydrogen-bond donors (Lipinski definition) is 0. The molecule has 0 N–H and O–H groups in total. The highest BCUT2D eigenvalue weighted by Gasteiger charge is 2.25. The van der Waals surface area contributed by atoms with Crippen LogP contribution in [0.1, 0.15) is 40.4 Å². The first kappa shape index (κ1) is 23.9. The SMILES string of the molecule is O=C(c1ccc(N(Cc2ccccc2)S(=O)c2ccccc2)cc1)N1CCC(c2ccccn2)CC1. The van der Waals surface area contributed by atoms with Crippen molar-refractivity contribution in [2.75, 3.05) is 17.4 Å². The summed E-state index contributed by atoms with van der Waals surface area (Å²) in [7, 11) is -1.38. The second-order valence-corrected chi connectivity index (χ2v) is 10.4. The topological polar surface area (TPSA) is 53.5 Å². The lowest BCUT2D eigenvalue weighted by atomic mass is 9.92.